The molecule has 0 radical (unpaired) electrons. The molecule has 0 aliphatic carbocycles. The standard InChI is InChI=1S/C14H18N4S8/c1-6-2-7(4-15-11(19)20)8(5-16-12(21)22)3-9(6)10(17-13(23)24)18-14(25)26/h2-3,10H,4-5H2,1H3,(H2,15,19,20)(H2,16,21,22)(H2,17,23,24)(H2,18,25,26). The van der Waals surface area contributed by atoms with Gasteiger partial charge in [-0.25, -0.2) is 0 Å². The van der Waals surface area contributed by atoms with Crippen LogP contribution in [0.1, 0.15) is 28.4 Å². The summed E-state index contributed by atoms with van der Waals surface area (Å²) in [6.45, 7) is 3.05. The van der Waals surface area contributed by atoms with Crippen LogP contribution in [0.2, 0.25) is 0 Å². The van der Waals surface area contributed by atoms with Crippen molar-refractivity contribution in [1.29, 1.82) is 0 Å². The predicted octanol–water partition coefficient (Wildman–Crippen LogP) is 3.21. The van der Waals surface area contributed by atoms with E-state index < -0.39 is 0 Å². The Morgan fingerprint density at radius 1 is 0.808 bits per heavy atom. The van der Waals surface area contributed by atoms with Crippen LogP contribution in [0.25, 0.3) is 0 Å². The highest BCUT2D eigenvalue weighted by molar-refractivity contribution is 8.11. The lowest BCUT2D eigenvalue weighted by atomic mass is 9.97. The van der Waals surface area contributed by atoms with Gasteiger partial charge in [0, 0.05) is 13.1 Å². The molecule has 0 fully saturated rings. The zero-order valence-electron chi connectivity index (χ0n) is 13.6. The minimum absolute atomic E-state index is 0.342. The SMILES string of the molecule is Cc1cc(CNC(=S)S)c(CNC(=S)S)cc1C(NC(=S)S)NC(=S)S. The van der Waals surface area contributed by atoms with E-state index in [9.17, 15) is 0 Å². The molecule has 0 aromatic heterocycles. The molecule has 0 amide bonds. The maximum Gasteiger partial charge on any atom is 0.132 e. The van der Waals surface area contributed by atoms with E-state index in [0.29, 0.717) is 30.4 Å². The summed E-state index contributed by atoms with van der Waals surface area (Å²) in [5.41, 5.74) is 4.06. The first-order valence-corrected chi connectivity index (χ1v) is 10.6. The molecule has 26 heavy (non-hydrogen) atoms. The maximum absolute atomic E-state index is 5.05. The molecule has 0 aliphatic heterocycles. The molecular weight excluding hydrogens is 481 g/mol. The van der Waals surface area contributed by atoms with Crippen molar-refractivity contribution in [3.63, 3.8) is 0 Å². The van der Waals surface area contributed by atoms with E-state index in [-0.39, 0.29) is 6.17 Å². The Kier molecular flexibility index (Phi) is 11.1. The van der Waals surface area contributed by atoms with E-state index in [2.05, 4.69) is 77.8 Å². The molecule has 0 saturated heterocycles. The Hall–Kier alpha value is 0.180. The van der Waals surface area contributed by atoms with Gasteiger partial charge in [0.15, 0.2) is 0 Å². The molecule has 12 heteroatoms. The van der Waals surface area contributed by atoms with Crippen molar-refractivity contribution in [3.8, 4) is 0 Å². The van der Waals surface area contributed by atoms with E-state index in [1.807, 2.05) is 13.0 Å². The van der Waals surface area contributed by atoms with E-state index in [1.54, 1.807) is 0 Å². The van der Waals surface area contributed by atoms with Crippen LogP contribution in [0, 0.1) is 6.92 Å². The van der Waals surface area contributed by atoms with Gasteiger partial charge >= 0.3 is 0 Å². The van der Waals surface area contributed by atoms with Gasteiger partial charge in [-0.3, -0.25) is 0 Å². The number of aryl methyl sites for hydroxylation is 1. The second kappa shape index (κ2) is 11.9. The number of benzene rings is 1. The van der Waals surface area contributed by atoms with Crippen molar-refractivity contribution in [2.24, 2.45) is 0 Å². The van der Waals surface area contributed by atoms with Crippen molar-refractivity contribution in [1.82, 2.24) is 21.3 Å². The van der Waals surface area contributed by atoms with Gasteiger partial charge in [0.2, 0.25) is 0 Å². The molecule has 4 nitrogen and oxygen atoms in total. The fourth-order valence-corrected chi connectivity index (χ4v) is 3.05. The Balaban J connectivity index is 3.30. The minimum atomic E-state index is -0.361. The van der Waals surface area contributed by atoms with Crippen molar-refractivity contribution >= 4 is 117 Å². The van der Waals surface area contributed by atoms with Crippen LogP contribution >= 0.6 is 99.4 Å². The average Bonchev–Trinajstić information content (AvgIpc) is 2.49. The van der Waals surface area contributed by atoms with Gasteiger partial charge in [-0.15, -0.1) is 50.5 Å². The zero-order valence-corrected chi connectivity index (χ0v) is 20.4. The van der Waals surface area contributed by atoms with Crippen LogP contribution in [0.3, 0.4) is 0 Å². The first-order chi connectivity index (χ1) is 12.1. The third-order valence-corrected chi connectivity index (χ3v) is 4.39. The van der Waals surface area contributed by atoms with Gasteiger partial charge in [0.25, 0.3) is 0 Å². The Morgan fingerprint density at radius 2 is 1.23 bits per heavy atom. The second-order valence-electron chi connectivity index (χ2n) is 5.13. The van der Waals surface area contributed by atoms with E-state index >= 15 is 0 Å². The molecule has 0 saturated carbocycles. The third-order valence-electron chi connectivity index (χ3n) is 3.30. The molecule has 0 unspecified atom stereocenters. The lowest BCUT2D eigenvalue weighted by molar-refractivity contribution is 0.620. The highest BCUT2D eigenvalue weighted by Gasteiger charge is 2.17. The van der Waals surface area contributed by atoms with Gasteiger partial charge in [-0.2, -0.15) is 0 Å². The molecule has 1 rings (SSSR count). The summed E-state index contributed by atoms with van der Waals surface area (Å²) < 4.78 is 1.52. The number of thiocarbonyl (C=S) groups is 4. The molecule has 0 heterocycles. The second-order valence-corrected chi connectivity index (χ2v) is 9.76. The molecule has 0 spiro atoms. The van der Waals surface area contributed by atoms with Gasteiger partial charge < -0.3 is 21.3 Å². The molecule has 0 aliphatic rings. The van der Waals surface area contributed by atoms with Crippen LogP contribution in [0.15, 0.2) is 12.1 Å². The molecule has 142 valence electrons. The topological polar surface area (TPSA) is 48.1 Å². The van der Waals surface area contributed by atoms with Crippen LogP contribution in [0.5, 0.6) is 0 Å². The summed E-state index contributed by atoms with van der Waals surface area (Å²) in [6, 6.07) is 4.10. The van der Waals surface area contributed by atoms with Crippen molar-refractivity contribution in [3.05, 3.63) is 34.4 Å². The quantitative estimate of drug-likeness (QED) is 0.166. The fourth-order valence-electron chi connectivity index (χ4n) is 2.25. The highest BCUT2D eigenvalue weighted by Crippen LogP contribution is 2.23. The van der Waals surface area contributed by atoms with E-state index in [0.717, 1.165) is 22.3 Å². The molecule has 1 aromatic rings. The molecular formula is C14H18N4S8. The van der Waals surface area contributed by atoms with Crippen molar-refractivity contribution in [2.45, 2.75) is 26.2 Å². The largest absolute Gasteiger partial charge is 0.367 e. The van der Waals surface area contributed by atoms with Gasteiger partial charge in [0.1, 0.15) is 23.4 Å². The monoisotopic (exact) mass is 498 g/mol. The highest BCUT2D eigenvalue weighted by atomic mass is 32.1. The number of rotatable bonds is 7. The molecule has 0 bridgehead atoms. The van der Waals surface area contributed by atoms with E-state index in [4.69, 9.17) is 48.9 Å². The zero-order chi connectivity index (χ0) is 19.9. The number of hydrogen-bond donors (Lipinski definition) is 8. The summed E-state index contributed by atoms with van der Waals surface area (Å²) in [5.74, 6) is 0. The summed E-state index contributed by atoms with van der Waals surface area (Å²) in [6.07, 6.45) is -0.361. The maximum atomic E-state index is 5.05. The molecule has 4 N–H and O–H groups in total. The van der Waals surface area contributed by atoms with Crippen LogP contribution < -0.4 is 21.3 Å². The first kappa shape index (κ1) is 24.2. The lowest BCUT2D eigenvalue weighted by Gasteiger charge is -2.24. The number of nitrogens with one attached hydrogen (secondary N) is 4. The smallest absolute Gasteiger partial charge is 0.132 e. The van der Waals surface area contributed by atoms with Gasteiger partial charge in [0.05, 0.1) is 0 Å². The van der Waals surface area contributed by atoms with Crippen molar-refractivity contribution < 1.29 is 0 Å². The van der Waals surface area contributed by atoms with Gasteiger partial charge in [-0.05, 0) is 35.2 Å². The Labute approximate surface area is 197 Å². The van der Waals surface area contributed by atoms with Crippen LogP contribution in [-0.4, -0.2) is 17.3 Å². The minimum Gasteiger partial charge on any atom is -0.367 e. The first-order valence-electron chi connectivity index (χ1n) is 7.15. The predicted molar refractivity (Wildman–Crippen MR) is 140 cm³/mol. The summed E-state index contributed by atoms with van der Waals surface area (Å²) in [4.78, 5) is 0. The molecule has 0 atom stereocenters. The summed E-state index contributed by atoms with van der Waals surface area (Å²) in [5, 5.41) is 12.2. The average molecular weight is 499 g/mol. The lowest BCUT2D eigenvalue weighted by Crippen LogP contribution is -2.37. The third kappa shape index (κ3) is 8.91. The van der Waals surface area contributed by atoms with Crippen molar-refractivity contribution in [2.75, 3.05) is 0 Å². The number of thiol groups is 4. The Morgan fingerprint density at radius 3 is 1.62 bits per heavy atom. The van der Waals surface area contributed by atoms with Crippen LogP contribution in [-0.2, 0) is 13.1 Å². The molecule has 1 aromatic carbocycles. The van der Waals surface area contributed by atoms with E-state index in [1.165, 1.54) is 0 Å². The fraction of sp³-hybridized carbons (Fsp3) is 0.286. The van der Waals surface area contributed by atoms with Crippen LogP contribution in [0.4, 0.5) is 0 Å². The summed E-state index contributed by atoms with van der Waals surface area (Å²) >= 11 is 36.6. The van der Waals surface area contributed by atoms with Gasteiger partial charge in [-0.1, -0.05) is 54.9 Å². The normalized spacial score (nSPS) is 10.2. The number of hydrogen-bond acceptors (Lipinski definition) is 4. The Bertz CT molecular complexity index is 705. The summed E-state index contributed by atoms with van der Waals surface area (Å²) in [7, 11) is 0.